The minimum absolute atomic E-state index is 0. The van der Waals surface area contributed by atoms with E-state index in [1.165, 1.54) is 70.9 Å². The molecule has 6 aromatic rings. The number of aryl methyl sites for hydroxylation is 2. The van der Waals surface area contributed by atoms with E-state index in [9.17, 15) is 0 Å². The van der Waals surface area contributed by atoms with Gasteiger partial charge in [-0.2, -0.15) is 16.4 Å². The van der Waals surface area contributed by atoms with Crippen molar-refractivity contribution >= 4 is 41.2 Å². The summed E-state index contributed by atoms with van der Waals surface area (Å²) in [4.78, 5) is 0. The summed E-state index contributed by atoms with van der Waals surface area (Å²) in [5.74, 6) is 0. The van der Waals surface area contributed by atoms with Crippen molar-refractivity contribution in [3.63, 3.8) is 0 Å². The summed E-state index contributed by atoms with van der Waals surface area (Å²) < 4.78 is 0. The first-order valence-corrected chi connectivity index (χ1v) is 14.0. The van der Waals surface area contributed by atoms with Gasteiger partial charge in [0.15, 0.2) is 0 Å². The summed E-state index contributed by atoms with van der Waals surface area (Å²) in [6, 6.07) is 47.2. The fraction of sp³-hybridized carbons (Fsp3) is 0.0588. The molecule has 0 radical (unpaired) electrons. The van der Waals surface area contributed by atoms with Crippen LogP contribution in [-0.4, -0.2) is 0 Å². The third kappa shape index (κ3) is 8.45. The molecular formula is C34H30Cl2P2Zr. The molecule has 0 amide bonds. The third-order valence-corrected chi connectivity index (χ3v) is 9.08. The van der Waals surface area contributed by atoms with E-state index in [-0.39, 0.29) is 51.0 Å². The van der Waals surface area contributed by atoms with Gasteiger partial charge in [0, 0.05) is 0 Å². The zero-order chi connectivity index (χ0) is 24.7. The molecule has 0 N–H and O–H groups in total. The van der Waals surface area contributed by atoms with E-state index < -0.39 is 0 Å². The molecule has 0 saturated carbocycles. The molecule has 0 bridgehead atoms. The van der Waals surface area contributed by atoms with E-state index in [4.69, 9.17) is 0 Å². The molecular weight excluding hydrogens is 632 g/mol. The Hall–Kier alpha value is -2.10. The third-order valence-electron chi connectivity index (χ3n) is 6.15. The van der Waals surface area contributed by atoms with Crippen molar-refractivity contribution in [2.24, 2.45) is 0 Å². The molecule has 0 nitrogen and oxygen atoms in total. The van der Waals surface area contributed by atoms with Crippen LogP contribution in [0.4, 0.5) is 0 Å². The minimum Gasteiger partial charge on any atom is -0.152 e. The Balaban J connectivity index is 0.000000254. The Morgan fingerprint density at radius 2 is 0.718 bits per heavy atom. The molecule has 5 heteroatoms. The molecule has 0 fully saturated rings. The second-order valence-electron chi connectivity index (χ2n) is 8.81. The van der Waals surface area contributed by atoms with Crippen LogP contribution < -0.4 is 0 Å². The average molecular weight is 663 g/mol. The van der Waals surface area contributed by atoms with Crippen LogP contribution in [-0.2, 0) is 26.2 Å². The topological polar surface area (TPSA) is 0 Å². The van der Waals surface area contributed by atoms with Crippen LogP contribution in [0.25, 0.3) is 43.4 Å². The van der Waals surface area contributed by atoms with Crippen molar-refractivity contribution in [1.29, 1.82) is 0 Å². The number of rotatable bonds is 4. The first-order chi connectivity index (χ1) is 17.7. The number of halogens is 2. The Labute approximate surface area is 267 Å². The van der Waals surface area contributed by atoms with Crippen molar-refractivity contribution in [3.8, 4) is 43.4 Å². The van der Waals surface area contributed by atoms with Gasteiger partial charge in [-0.1, -0.05) is 143 Å². The average Bonchev–Trinajstić information content (AvgIpc) is 3.54. The van der Waals surface area contributed by atoms with E-state index in [0.717, 1.165) is 0 Å². The van der Waals surface area contributed by atoms with E-state index in [0.29, 0.717) is 0 Å². The van der Waals surface area contributed by atoms with Crippen molar-refractivity contribution in [1.82, 2.24) is 0 Å². The van der Waals surface area contributed by atoms with Gasteiger partial charge in [0.25, 0.3) is 0 Å². The molecule has 194 valence electrons. The molecule has 0 spiro atoms. The maximum Gasteiger partial charge on any atom is 2.00 e. The van der Waals surface area contributed by atoms with Crippen molar-refractivity contribution < 1.29 is 26.2 Å². The van der Waals surface area contributed by atoms with Gasteiger partial charge in [0.05, 0.1) is 0 Å². The second-order valence-corrected chi connectivity index (χ2v) is 11.1. The van der Waals surface area contributed by atoms with E-state index in [1.807, 2.05) is 0 Å². The van der Waals surface area contributed by atoms with Gasteiger partial charge in [-0.25, -0.2) is 0 Å². The maximum absolute atomic E-state index is 2.30. The van der Waals surface area contributed by atoms with Crippen LogP contribution in [0.5, 0.6) is 0 Å². The summed E-state index contributed by atoms with van der Waals surface area (Å²) in [5.41, 5.74) is 8.06. The Morgan fingerprint density at radius 1 is 0.436 bits per heavy atom. The van der Waals surface area contributed by atoms with Gasteiger partial charge in [0.1, 0.15) is 0 Å². The molecule has 2 aromatic heterocycles. The van der Waals surface area contributed by atoms with Gasteiger partial charge in [-0.05, 0) is 0 Å². The normalized spacial score (nSPS) is 10.1. The van der Waals surface area contributed by atoms with Crippen LogP contribution in [0.1, 0.15) is 11.1 Å². The molecule has 0 aliphatic heterocycles. The van der Waals surface area contributed by atoms with Crippen molar-refractivity contribution in [2.45, 2.75) is 13.8 Å². The van der Waals surface area contributed by atoms with Crippen molar-refractivity contribution in [2.75, 3.05) is 0 Å². The van der Waals surface area contributed by atoms with Crippen LogP contribution in [0.2, 0.25) is 0 Å². The quantitative estimate of drug-likeness (QED) is 0.165. The van der Waals surface area contributed by atoms with Crippen LogP contribution in [0.3, 0.4) is 0 Å². The summed E-state index contributed by atoms with van der Waals surface area (Å²) in [7, 11) is 2.63. The van der Waals surface area contributed by atoms with Gasteiger partial charge in [0.2, 0.25) is 0 Å². The summed E-state index contributed by atoms with van der Waals surface area (Å²) in [6.45, 7) is 4.40. The SMILES string of the molecule is Cc1cc(-c2ccccc2)p[c-]1-c1ccccc1.Cc1cc(-c2ccccc2)p[c-]1-c1ccccc1.Cl.Cl.[Zr+2]. The predicted molar refractivity (Wildman–Crippen MR) is 175 cm³/mol. The Morgan fingerprint density at radius 3 is 1.03 bits per heavy atom. The van der Waals surface area contributed by atoms with Crippen LogP contribution in [0.15, 0.2) is 133 Å². The monoisotopic (exact) mass is 660 g/mol. The molecule has 0 aliphatic carbocycles. The van der Waals surface area contributed by atoms with Crippen molar-refractivity contribution in [3.05, 3.63) is 145 Å². The minimum atomic E-state index is 0. The van der Waals surface area contributed by atoms with Crippen LogP contribution in [0, 0.1) is 13.8 Å². The molecule has 0 aliphatic rings. The van der Waals surface area contributed by atoms with E-state index in [2.05, 4.69) is 147 Å². The molecule has 0 atom stereocenters. The van der Waals surface area contributed by atoms with Gasteiger partial charge >= 0.3 is 26.2 Å². The summed E-state index contributed by atoms with van der Waals surface area (Å²) in [6.07, 6.45) is 0. The molecule has 39 heavy (non-hydrogen) atoms. The molecule has 2 heterocycles. The first-order valence-electron chi connectivity index (χ1n) is 12.2. The summed E-state index contributed by atoms with van der Waals surface area (Å²) in [5, 5.41) is 5.64. The first kappa shape index (κ1) is 33.1. The Kier molecular flexibility index (Phi) is 13.8. The van der Waals surface area contributed by atoms with E-state index in [1.54, 1.807) is 0 Å². The molecule has 0 unspecified atom stereocenters. The Bertz CT molecular complexity index is 1410. The smallest absolute Gasteiger partial charge is 0.152 e. The fourth-order valence-electron chi connectivity index (χ4n) is 4.32. The van der Waals surface area contributed by atoms with Gasteiger partial charge in [-0.15, -0.1) is 83.5 Å². The molecule has 0 saturated heterocycles. The standard InChI is InChI=1S/2C17H14P.2ClH.Zr/c2*1-13-12-16(14-8-4-2-5-9-14)18-17(13)15-10-6-3-7-11-15;;;/h2*2-12H,1H3;2*1H;/q2*-1;;;+2. The molecule has 4 aromatic carbocycles. The summed E-state index contributed by atoms with van der Waals surface area (Å²) >= 11 is 0. The number of hydrogen-bond acceptors (Lipinski definition) is 0. The van der Waals surface area contributed by atoms with Gasteiger partial charge < -0.3 is 0 Å². The van der Waals surface area contributed by atoms with Gasteiger partial charge in [-0.3, -0.25) is 0 Å². The zero-order valence-electron chi connectivity index (χ0n) is 21.9. The number of hydrogen-bond donors (Lipinski definition) is 0. The zero-order valence-corrected chi connectivity index (χ0v) is 27.8. The van der Waals surface area contributed by atoms with E-state index >= 15 is 0 Å². The molecule has 6 rings (SSSR count). The fourth-order valence-corrected chi connectivity index (χ4v) is 6.91. The second kappa shape index (κ2) is 16.2. The largest absolute Gasteiger partial charge is 2.00 e. The number of benzene rings is 4. The maximum atomic E-state index is 2.30. The van der Waals surface area contributed by atoms with Crippen LogP contribution >= 0.6 is 41.2 Å². The predicted octanol–water partition coefficient (Wildman–Crippen LogP) is 12.1.